The average molecular weight is 560 g/mol. The van der Waals surface area contributed by atoms with Gasteiger partial charge in [0.25, 0.3) is 0 Å². The van der Waals surface area contributed by atoms with Crippen molar-refractivity contribution in [1.82, 2.24) is 4.98 Å². The molecule has 1 aromatic heterocycles. The van der Waals surface area contributed by atoms with Crippen molar-refractivity contribution in [3.8, 4) is 34.3 Å². The molecule has 0 aliphatic heterocycles. The lowest BCUT2D eigenvalue weighted by molar-refractivity contribution is 0.0597. The topological polar surface area (TPSA) is 84.0 Å². The number of ether oxygens (including phenoxy) is 4. The van der Waals surface area contributed by atoms with Gasteiger partial charge in [0.2, 0.25) is 0 Å². The van der Waals surface area contributed by atoms with Gasteiger partial charge in [0.1, 0.15) is 28.6 Å². The molecule has 0 N–H and O–H groups in total. The zero-order valence-electron chi connectivity index (χ0n) is 23.0. The molecule has 0 unspecified atom stereocenters. The van der Waals surface area contributed by atoms with Gasteiger partial charge in [0.15, 0.2) is 6.29 Å². The van der Waals surface area contributed by atoms with Crippen molar-refractivity contribution in [3.63, 3.8) is 0 Å². The Balaban J connectivity index is 1.42. The van der Waals surface area contributed by atoms with Crippen LogP contribution in [0.25, 0.3) is 11.3 Å². The van der Waals surface area contributed by atoms with Gasteiger partial charge in [-0.2, -0.15) is 0 Å². The minimum atomic E-state index is -0.454. The number of rotatable bonds is 14. The number of hydrogen-bond acceptors (Lipinski definition) is 8. The third kappa shape index (κ3) is 6.87. The Hall–Kier alpha value is -4.17. The Bertz CT molecular complexity index is 1430. The van der Waals surface area contributed by atoms with Gasteiger partial charge >= 0.3 is 5.97 Å². The maximum atomic E-state index is 12.2. The predicted octanol–water partition coefficient (Wildman–Crippen LogP) is 7.56. The van der Waals surface area contributed by atoms with Gasteiger partial charge in [-0.1, -0.05) is 38.5 Å². The molecular formula is C32H33NO6S. The number of para-hydroxylation sites is 1. The molecule has 3 aromatic carbocycles. The van der Waals surface area contributed by atoms with Crippen LogP contribution in [0.3, 0.4) is 0 Å². The Morgan fingerprint density at radius 2 is 1.70 bits per heavy atom. The largest absolute Gasteiger partial charge is 0.493 e. The van der Waals surface area contributed by atoms with E-state index in [9.17, 15) is 9.59 Å². The fourth-order valence-electron chi connectivity index (χ4n) is 4.36. The van der Waals surface area contributed by atoms with Crippen molar-refractivity contribution in [2.45, 2.75) is 39.5 Å². The van der Waals surface area contributed by atoms with Crippen molar-refractivity contribution in [1.29, 1.82) is 0 Å². The highest BCUT2D eigenvalue weighted by atomic mass is 32.1. The van der Waals surface area contributed by atoms with Gasteiger partial charge in [-0.3, -0.25) is 4.79 Å². The number of aromatic nitrogens is 1. The Kier molecular flexibility index (Phi) is 10.3. The molecule has 1 heterocycles. The molecule has 0 bridgehead atoms. The van der Waals surface area contributed by atoms with Crippen LogP contribution in [0.2, 0.25) is 0 Å². The number of aryl methyl sites for hydroxylation is 1. The summed E-state index contributed by atoms with van der Waals surface area (Å²) in [7, 11) is 1.35. The molecular weight excluding hydrogens is 526 g/mol. The monoisotopic (exact) mass is 559 g/mol. The smallest absolute Gasteiger partial charge is 0.341 e. The molecule has 0 fully saturated rings. The van der Waals surface area contributed by atoms with Gasteiger partial charge in [0, 0.05) is 28.5 Å². The molecule has 0 saturated heterocycles. The molecule has 8 heteroatoms. The Morgan fingerprint density at radius 1 is 0.950 bits per heavy atom. The van der Waals surface area contributed by atoms with Crippen LogP contribution in [0.5, 0.6) is 23.0 Å². The summed E-state index contributed by atoms with van der Waals surface area (Å²) in [6.45, 7) is 5.03. The van der Waals surface area contributed by atoms with E-state index in [2.05, 4.69) is 18.8 Å². The van der Waals surface area contributed by atoms with Crippen LogP contribution in [0.1, 0.15) is 58.5 Å². The number of carbonyl (C=O) groups excluding carboxylic acids is 2. The molecule has 0 radical (unpaired) electrons. The predicted molar refractivity (Wildman–Crippen MR) is 156 cm³/mol. The van der Waals surface area contributed by atoms with Crippen LogP contribution in [-0.4, -0.2) is 37.6 Å². The molecule has 7 nitrogen and oxygen atoms in total. The first-order valence-electron chi connectivity index (χ1n) is 13.3. The zero-order valence-corrected chi connectivity index (χ0v) is 23.8. The number of hydrogen-bond donors (Lipinski definition) is 0. The summed E-state index contributed by atoms with van der Waals surface area (Å²) in [4.78, 5) is 28.3. The first kappa shape index (κ1) is 28.8. The molecule has 0 amide bonds. The van der Waals surface area contributed by atoms with Crippen molar-refractivity contribution in [2.75, 3.05) is 20.3 Å². The quantitative estimate of drug-likeness (QED) is 0.0895. The summed E-state index contributed by atoms with van der Waals surface area (Å²) in [5, 5.41) is 1.93. The number of thiazole rings is 1. The molecule has 40 heavy (non-hydrogen) atoms. The second kappa shape index (κ2) is 14.3. The lowest BCUT2D eigenvalue weighted by Crippen LogP contribution is -2.08. The second-order valence-electron chi connectivity index (χ2n) is 9.02. The Labute approximate surface area is 238 Å². The SMILES string of the molecule is CCCc1c(OCCCOc2cc(C=O)c(-c3cscn3)cc2CC)cccc1Oc1ccccc1C(=O)OC. The highest BCUT2D eigenvalue weighted by Crippen LogP contribution is 2.35. The van der Waals surface area contributed by atoms with Gasteiger partial charge in [0.05, 0.1) is 31.5 Å². The summed E-state index contributed by atoms with van der Waals surface area (Å²) in [6, 6.07) is 16.5. The number of methoxy groups -OCH3 is 1. The minimum Gasteiger partial charge on any atom is -0.493 e. The van der Waals surface area contributed by atoms with Crippen LogP contribution >= 0.6 is 11.3 Å². The highest BCUT2D eigenvalue weighted by molar-refractivity contribution is 7.07. The van der Waals surface area contributed by atoms with E-state index in [-0.39, 0.29) is 0 Å². The Morgan fingerprint density at radius 3 is 2.40 bits per heavy atom. The van der Waals surface area contributed by atoms with Crippen LogP contribution in [-0.2, 0) is 17.6 Å². The third-order valence-corrected chi connectivity index (χ3v) is 6.94. The van der Waals surface area contributed by atoms with E-state index >= 15 is 0 Å². The molecule has 0 atom stereocenters. The van der Waals surface area contributed by atoms with Crippen LogP contribution < -0.4 is 14.2 Å². The summed E-state index contributed by atoms with van der Waals surface area (Å²) < 4.78 is 23.3. The fourth-order valence-corrected chi connectivity index (χ4v) is 4.92. The standard InChI is InChI=1S/C32H33NO6S/c1-4-10-24-28(13-8-14-29(24)39-30-12-7-6-11-25(30)32(35)36-3)37-15-9-16-38-31-18-23(19-34)26(17-22(31)5-2)27-20-40-21-33-27/h6-8,11-14,17-21H,4-5,9-10,15-16H2,1-3H3. The first-order chi connectivity index (χ1) is 19.6. The lowest BCUT2D eigenvalue weighted by Gasteiger charge is -2.17. The van der Waals surface area contributed by atoms with Crippen LogP contribution in [0.15, 0.2) is 65.5 Å². The van der Waals surface area contributed by atoms with E-state index < -0.39 is 5.97 Å². The number of nitrogens with zero attached hydrogens (tertiary/aromatic N) is 1. The van der Waals surface area contributed by atoms with Crippen LogP contribution in [0, 0.1) is 0 Å². The molecule has 4 aromatic rings. The number of benzene rings is 3. The zero-order chi connectivity index (χ0) is 28.3. The molecule has 0 aliphatic rings. The highest BCUT2D eigenvalue weighted by Gasteiger charge is 2.17. The number of carbonyl (C=O) groups is 2. The van der Waals surface area contributed by atoms with E-state index in [0.29, 0.717) is 48.0 Å². The maximum absolute atomic E-state index is 12.2. The second-order valence-corrected chi connectivity index (χ2v) is 9.73. The van der Waals surface area contributed by atoms with Gasteiger partial charge in [-0.25, -0.2) is 9.78 Å². The van der Waals surface area contributed by atoms with Gasteiger partial charge < -0.3 is 18.9 Å². The van der Waals surface area contributed by atoms with E-state index in [4.69, 9.17) is 18.9 Å². The third-order valence-electron chi connectivity index (χ3n) is 6.35. The summed E-state index contributed by atoms with van der Waals surface area (Å²) in [5.41, 5.74) is 6.26. The minimum absolute atomic E-state index is 0.361. The number of esters is 1. The fraction of sp³-hybridized carbons (Fsp3) is 0.281. The molecule has 0 spiro atoms. The summed E-state index contributed by atoms with van der Waals surface area (Å²) >= 11 is 1.50. The van der Waals surface area contributed by atoms with E-state index in [1.165, 1.54) is 18.4 Å². The lowest BCUT2D eigenvalue weighted by atomic mass is 10.00. The molecule has 0 saturated carbocycles. The van der Waals surface area contributed by atoms with E-state index in [0.717, 1.165) is 53.7 Å². The first-order valence-corrected chi connectivity index (χ1v) is 14.3. The van der Waals surface area contributed by atoms with Crippen LogP contribution in [0.4, 0.5) is 0 Å². The van der Waals surface area contributed by atoms with Gasteiger partial charge in [-0.15, -0.1) is 11.3 Å². The van der Waals surface area contributed by atoms with Crippen molar-refractivity contribution < 1.29 is 28.5 Å². The molecule has 0 aliphatic carbocycles. The normalized spacial score (nSPS) is 10.7. The van der Waals surface area contributed by atoms with Crippen molar-refractivity contribution in [2.24, 2.45) is 0 Å². The maximum Gasteiger partial charge on any atom is 0.341 e. The van der Waals surface area contributed by atoms with E-state index in [1.54, 1.807) is 29.8 Å². The average Bonchev–Trinajstić information content (AvgIpc) is 3.53. The van der Waals surface area contributed by atoms with E-state index in [1.807, 2.05) is 35.7 Å². The summed E-state index contributed by atoms with van der Waals surface area (Å²) in [6.07, 6.45) is 3.91. The summed E-state index contributed by atoms with van der Waals surface area (Å²) in [5.74, 6) is 2.06. The molecule has 208 valence electrons. The number of aldehydes is 1. The van der Waals surface area contributed by atoms with Crippen molar-refractivity contribution in [3.05, 3.63) is 87.7 Å². The van der Waals surface area contributed by atoms with Gasteiger partial charge in [-0.05, 0) is 54.8 Å². The molecule has 4 rings (SSSR count). The van der Waals surface area contributed by atoms with Crippen molar-refractivity contribution >= 4 is 23.6 Å².